The molecule has 0 radical (unpaired) electrons. The van der Waals surface area contributed by atoms with Crippen molar-refractivity contribution in [3.05, 3.63) is 70.9 Å². The molecule has 1 aromatic heterocycles. The van der Waals surface area contributed by atoms with Gasteiger partial charge in [-0.15, -0.1) is 0 Å². The first kappa shape index (κ1) is 15.7. The summed E-state index contributed by atoms with van der Waals surface area (Å²) in [5.74, 6) is 1.02. The molecule has 3 aromatic rings. The highest BCUT2D eigenvalue weighted by molar-refractivity contribution is 6.31. The summed E-state index contributed by atoms with van der Waals surface area (Å²) in [5.41, 5.74) is 2.30. The lowest BCUT2D eigenvalue weighted by Gasteiger charge is -2.34. The Morgan fingerprint density at radius 2 is 1.54 bits per heavy atom. The quantitative estimate of drug-likeness (QED) is 0.701. The second kappa shape index (κ2) is 6.98. The fourth-order valence-corrected chi connectivity index (χ4v) is 3.50. The minimum absolute atomic E-state index is 0.754. The zero-order chi connectivity index (χ0) is 16.4. The molecule has 4 heteroatoms. The van der Waals surface area contributed by atoms with E-state index in [0.29, 0.717) is 0 Å². The van der Waals surface area contributed by atoms with E-state index in [-0.39, 0.29) is 0 Å². The van der Waals surface area contributed by atoms with Crippen LogP contribution in [-0.4, -0.2) is 36.0 Å². The van der Waals surface area contributed by atoms with E-state index in [0.717, 1.165) is 61.0 Å². The molecule has 0 saturated carbocycles. The molecule has 0 atom stereocenters. The van der Waals surface area contributed by atoms with E-state index in [1.165, 1.54) is 5.56 Å². The fraction of sp³-hybridized carbons (Fsp3) is 0.300. The molecule has 0 spiro atoms. The maximum absolute atomic E-state index is 6.04. The molecule has 3 nitrogen and oxygen atoms in total. The van der Waals surface area contributed by atoms with Gasteiger partial charge >= 0.3 is 0 Å². The van der Waals surface area contributed by atoms with Crippen molar-refractivity contribution in [1.29, 1.82) is 0 Å². The van der Waals surface area contributed by atoms with Crippen molar-refractivity contribution in [2.75, 3.05) is 26.2 Å². The number of benzene rings is 2. The highest BCUT2D eigenvalue weighted by atomic mass is 35.5. The summed E-state index contributed by atoms with van der Waals surface area (Å²) in [7, 11) is 0. The third-order valence-corrected chi connectivity index (χ3v) is 4.86. The molecule has 2 heterocycles. The number of nitrogens with zero attached hydrogens (tertiary/aromatic N) is 2. The monoisotopic (exact) mass is 340 g/mol. The third-order valence-electron chi connectivity index (χ3n) is 4.62. The van der Waals surface area contributed by atoms with E-state index >= 15 is 0 Å². The summed E-state index contributed by atoms with van der Waals surface area (Å²) < 4.78 is 5.93. The summed E-state index contributed by atoms with van der Waals surface area (Å²) in [6.45, 7) is 6.25. The van der Waals surface area contributed by atoms with Crippen LogP contribution in [0.2, 0.25) is 5.02 Å². The van der Waals surface area contributed by atoms with E-state index in [2.05, 4.69) is 46.2 Å². The van der Waals surface area contributed by atoms with E-state index in [1.54, 1.807) is 0 Å². The van der Waals surface area contributed by atoms with Crippen LogP contribution < -0.4 is 0 Å². The van der Waals surface area contributed by atoms with E-state index in [9.17, 15) is 0 Å². The van der Waals surface area contributed by atoms with Crippen molar-refractivity contribution in [2.45, 2.75) is 13.1 Å². The summed E-state index contributed by atoms with van der Waals surface area (Å²) in [6.07, 6.45) is 0. The molecule has 0 unspecified atom stereocenters. The molecule has 0 aliphatic carbocycles. The van der Waals surface area contributed by atoms with Gasteiger partial charge in [0.05, 0.1) is 6.54 Å². The van der Waals surface area contributed by atoms with Gasteiger partial charge in [-0.1, -0.05) is 41.9 Å². The van der Waals surface area contributed by atoms with Gasteiger partial charge in [0.2, 0.25) is 0 Å². The van der Waals surface area contributed by atoms with Crippen LogP contribution in [0, 0.1) is 0 Å². The Kier molecular flexibility index (Phi) is 4.56. The van der Waals surface area contributed by atoms with E-state index in [4.69, 9.17) is 16.0 Å². The molecule has 1 saturated heterocycles. The lowest BCUT2D eigenvalue weighted by Crippen LogP contribution is -2.45. The standard InChI is InChI=1S/C20H21ClN2O/c21-18-6-7-20-17(12-18)13-19(24-20)15-23-10-8-22(9-11-23)14-16-4-2-1-3-5-16/h1-7,12-13H,8-11,14-15H2. The first-order chi connectivity index (χ1) is 11.8. The van der Waals surface area contributed by atoms with Crippen molar-refractivity contribution in [1.82, 2.24) is 9.80 Å². The molecule has 1 aliphatic heterocycles. The molecule has 1 fully saturated rings. The van der Waals surface area contributed by atoms with Crippen LogP contribution in [0.25, 0.3) is 11.0 Å². The van der Waals surface area contributed by atoms with Gasteiger partial charge in [-0.2, -0.15) is 0 Å². The number of fused-ring (bicyclic) bond motifs is 1. The topological polar surface area (TPSA) is 19.6 Å². The summed E-state index contributed by atoms with van der Waals surface area (Å²) in [4.78, 5) is 4.98. The van der Waals surface area contributed by atoms with Gasteiger partial charge in [0.25, 0.3) is 0 Å². The Morgan fingerprint density at radius 3 is 2.29 bits per heavy atom. The highest BCUT2D eigenvalue weighted by Gasteiger charge is 2.18. The van der Waals surface area contributed by atoms with Gasteiger partial charge in [0, 0.05) is 43.1 Å². The van der Waals surface area contributed by atoms with Crippen molar-refractivity contribution >= 4 is 22.6 Å². The Hall–Kier alpha value is -1.81. The number of hydrogen-bond acceptors (Lipinski definition) is 3. The smallest absolute Gasteiger partial charge is 0.134 e. The number of hydrogen-bond donors (Lipinski definition) is 0. The second-order valence-corrected chi connectivity index (χ2v) is 6.87. The Labute approximate surface area is 147 Å². The maximum atomic E-state index is 6.04. The summed E-state index contributed by atoms with van der Waals surface area (Å²) >= 11 is 6.04. The minimum atomic E-state index is 0.754. The maximum Gasteiger partial charge on any atom is 0.134 e. The SMILES string of the molecule is Clc1ccc2oc(CN3CCN(Cc4ccccc4)CC3)cc2c1. The second-order valence-electron chi connectivity index (χ2n) is 6.43. The van der Waals surface area contributed by atoms with Crippen LogP contribution in [0.3, 0.4) is 0 Å². The van der Waals surface area contributed by atoms with Crippen LogP contribution in [-0.2, 0) is 13.1 Å². The number of furan rings is 1. The van der Waals surface area contributed by atoms with Gasteiger partial charge in [-0.05, 0) is 29.8 Å². The number of piperazine rings is 1. The molecule has 24 heavy (non-hydrogen) atoms. The predicted molar refractivity (Wildman–Crippen MR) is 98.2 cm³/mol. The molecule has 0 bridgehead atoms. The summed E-state index contributed by atoms with van der Waals surface area (Å²) in [6, 6.07) is 18.6. The minimum Gasteiger partial charge on any atom is -0.460 e. The Morgan fingerprint density at radius 1 is 0.833 bits per heavy atom. The third kappa shape index (κ3) is 3.64. The van der Waals surface area contributed by atoms with Crippen LogP contribution in [0.15, 0.2) is 59.0 Å². The van der Waals surface area contributed by atoms with Gasteiger partial charge in [-0.25, -0.2) is 0 Å². The Bertz CT molecular complexity index is 807. The van der Waals surface area contributed by atoms with Crippen LogP contribution in [0.5, 0.6) is 0 Å². The molecule has 0 amide bonds. The normalized spacial score (nSPS) is 16.7. The molecular formula is C20H21ClN2O. The largest absolute Gasteiger partial charge is 0.460 e. The lowest BCUT2D eigenvalue weighted by molar-refractivity contribution is 0.116. The molecule has 1 aliphatic rings. The molecule has 124 valence electrons. The predicted octanol–water partition coefficient (Wildman–Crippen LogP) is 4.40. The van der Waals surface area contributed by atoms with Gasteiger partial charge in [0.1, 0.15) is 11.3 Å². The highest BCUT2D eigenvalue weighted by Crippen LogP contribution is 2.24. The van der Waals surface area contributed by atoms with Gasteiger partial charge < -0.3 is 4.42 Å². The van der Waals surface area contributed by atoms with Crippen molar-refractivity contribution in [2.24, 2.45) is 0 Å². The van der Waals surface area contributed by atoms with Crippen LogP contribution in [0.1, 0.15) is 11.3 Å². The first-order valence-corrected chi connectivity index (χ1v) is 8.81. The molecule has 4 rings (SSSR count). The van der Waals surface area contributed by atoms with E-state index in [1.807, 2.05) is 18.2 Å². The Balaban J connectivity index is 1.34. The molecule has 0 N–H and O–H groups in total. The van der Waals surface area contributed by atoms with Crippen molar-refractivity contribution in [3.8, 4) is 0 Å². The van der Waals surface area contributed by atoms with E-state index < -0.39 is 0 Å². The van der Waals surface area contributed by atoms with Gasteiger partial charge in [-0.3, -0.25) is 9.80 Å². The zero-order valence-corrected chi connectivity index (χ0v) is 14.4. The average molecular weight is 341 g/mol. The van der Waals surface area contributed by atoms with Crippen LogP contribution in [0.4, 0.5) is 0 Å². The zero-order valence-electron chi connectivity index (χ0n) is 13.6. The van der Waals surface area contributed by atoms with Crippen molar-refractivity contribution < 1.29 is 4.42 Å². The average Bonchev–Trinajstić information content (AvgIpc) is 2.99. The number of rotatable bonds is 4. The van der Waals surface area contributed by atoms with Crippen molar-refractivity contribution in [3.63, 3.8) is 0 Å². The first-order valence-electron chi connectivity index (χ1n) is 8.43. The molecular weight excluding hydrogens is 320 g/mol. The lowest BCUT2D eigenvalue weighted by atomic mass is 10.2. The number of halogens is 1. The van der Waals surface area contributed by atoms with Crippen LogP contribution >= 0.6 is 11.6 Å². The fourth-order valence-electron chi connectivity index (χ4n) is 3.31. The van der Waals surface area contributed by atoms with Gasteiger partial charge in [0.15, 0.2) is 0 Å². The molecule has 2 aromatic carbocycles. The summed E-state index contributed by atoms with van der Waals surface area (Å²) in [5, 5.41) is 1.84.